The molecule has 0 radical (unpaired) electrons. The van der Waals surface area contributed by atoms with Crippen molar-refractivity contribution in [3.8, 4) is 0 Å². The van der Waals surface area contributed by atoms with Crippen molar-refractivity contribution in [1.82, 2.24) is 4.90 Å². The first kappa shape index (κ1) is 11.2. The maximum Gasteiger partial charge on any atom is 0.127 e. The Morgan fingerprint density at radius 1 is 1.29 bits per heavy atom. The lowest BCUT2D eigenvalue weighted by molar-refractivity contribution is 0.392. The van der Waals surface area contributed by atoms with Gasteiger partial charge in [-0.15, -0.1) is 0 Å². The second kappa shape index (κ2) is 4.56. The third-order valence-electron chi connectivity index (χ3n) is 2.22. The van der Waals surface area contributed by atoms with E-state index in [1.807, 2.05) is 31.1 Å². The van der Waals surface area contributed by atoms with E-state index in [0.29, 0.717) is 12.5 Å². The second-order valence-corrected chi connectivity index (χ2v) is 4.24. The zero-order valence-corrected chi connectivity index (χ0v) is 9.34. The molecular weight excluding hydrogens is 177 g/mol. The van der Waals surface area contributed by atoms with E-state index in [4.69, 9.17) is 0 Å². The Labute approximate surface area is 85.5 Å². The van der Waals surface area contributed by atoms with Gasteiger partial charge in [0.2, 0.25) is 0 Å². The van der Waals surface area contributed by atoms with E-state index in [1.165, 1.54) is 5.56 Å². The third kappa shape index (κ3) is 2.81. The Bertz CT molecular complexity index is 305. The van der Waals surface area contributed by atoms with E-state index in [-0.39, 0.29) is 5.82 Å². The highest BCUT2D eigenvalue weighted by Crippen LogP contribution is 2.18. The van der Waals surface area contributed by atoms with Crippen LogP contribution in [-0.2, 0) is 6.54 Å². The van der Waals surface area contributed by atoms with E-state index in [0.717, 1.165) is 5.56 Å². The summed E-state index contributed by atoms with van der Waals surface area (Å²) in [6, 6.07) is 5.38. The molecule has 0 N–H and O–H groups in total. The summed E-state index contributed by atoms with van der Waals surface area (Å²) >= 11 is 0. The van der Waals surface area contributed by atoms with Gasteiger partial charge in [-0.2, -0.15) is 0 Å². The minimum Gasteiger partial charge on any atom is -0.305 e. The Balaban J connectivity index is 2.96. The molecule has 0 saturated heterocycles. The molecule has 0 aliphatic rings. The van der Waals surface area contributed by atoms with Gasteiger partial charge in [-0.25, -0.2) is 4.39 Å². The van der Waals surface area contributed by atoms with Crippen molar-refractivity contribution in [3.05, 3.63) is 35.1 Å². The van der Waals surface area contributed by atoms with Gasteiger partial charge in [-0.3, -0.25) is 0 Å². The van der Waals surface area contributed by atoms with Gasteiger partial charge in [0.1, 0.15) is 5.82 Å². The highest BCUT2D eigenvalue weighted by atomic mass is 19.1. The van der Waals surface area contributed by atoms with Crippen molar-refractivity contribution >= 4 is 0 Å². The quantitative estimate of drug-likeness (QED) is 0.716. The van der Waals surface area contributed by atoms with Crippen LogP contribution in [0.1, 0.15) is 30.9 Å². The molecule has 1 aromatic rings. The zero-order valence-electron chi connectivity index (χ0n) is 9.34. The predicted molar refractivity (Wildman–Crippen MR) is 57.9 cm³/mol. The lowest BCUT2D eigenvalue weighted by Gasteiger charge is -2.13. The highest BCUT2D eigenvalue weighted by Gasteiger charge is 2.06. The van der Waals surface area contributed by atoms with Crippen LogP contribution < -0.4 is 0 Å². The lowest BCUT2D eigenvalue weighted by Crippen LogP contribution is -2.12. The molecule has 0 aliphatic carbocycles. The normalized spacial score (nSPS) is 11.4. The molecule has 2 heteroatoms. The van der Waals surface area contributed by atoms with Crippen molar-refractivity contribution in [2.45, 2.75) is 26.3 Å². The topological polar surface area (TPSA) is 3.24 Å². The summed E-state index contributed by atoms with van der Waals surface area (Å²) < 4.78 is 13.4. The molecule has 1 aromatic carbocycles. The zero-order chi connectivity index (χ0) is 10.7. The van der Waals surface area contributed by atoms with E-state index in [2.05, 4.69) is 13.8 Å². The Morgan fingerprint density at radius 2 is 1.93 bits per heavy atom. The minimum absolute atomic E-state index is 0.108. The maximum atomic E-state index is 13.4. The summed E-state index contributed by atoms with van der Waals surface area (Å²) in [4.78, 5) is 1.97. The van der Waals surface area contributed by atoms with Gasteiger partial charge >= 0.3 is 0 Å². The molecule has 0 aliphatic heterocycles. The first-order chi connectivity index (χ1) is 6.50. The SMILES string of the molecule is CC(C)c1ccc(F)c(CN(C)C)c1. The van der Waals surface area contributed by atoms with Gasteiger partial charge in [-0.05, 0) is 31.6 Å². The predicted octanol–water partition coefficient (Wildman–Crippen LogP) is 3.01. The summed E-state index contributed by atoms with van der Waals surface area (Å²) in [7, 11) is 3.89. The molecule has 0 aromatic heterocycles. The molecular formula is C12H18FN. The fraction of sp³-hybridized carbons (Fsp3) is 0.500. The standard InChI is InChI=1S/C12H18FN/c1-9(2)10-5-6-12(13)11(7-10)8-14(3)4/h5-7,9H,8H2,1-4H3. The summed E-state index contributed by atoms with van der Waals surface area (Å²) in [5.74, 6) is 0.347. The molecule has 0 unspecified atom stereocenters. The number of hydrogen-bond acceptors (Lipinski definition) is 1. The summed E-state index contributed by atoms with van der Waals surface area (Å²) in [5, 5.41) is 0. The van der Waals surface area contributed by atoms with Gasteiger partial charge in [0.05, 0.1) is 0 Å². The van der Waals surface area contributed by atoms with Crippen LogP contribution in [-0.4, -0.2) is 19.0 Å². The molecule has 0 spiro atoms. The number of rotatable bonds is 3. The van der Waals surface area contributed by atoms with Crippen molar-refractivity contribution in [2.75, 3.05) is 14.1 Å². The average Bonchev–Trinajstić information content (AvgIpc) is 2.07. The number of nitrogens with zero attached hydrogens (tertiary/aromatic N) is 1. The molecule has 0 bridgehead atoms. The molecule has 0 amide bonds. The van der Waals surface area contributed by atoms with Gasteiger partial charge in [0.25, 0.3) is 0 Å². The van der Waals surface area contributed by atoms with Crippen LogP contribution in [0.4, 0.5) is 4.39 Å². The molecule has 14 heavy (non-hydrogen) atoms. The van der Waals surface area contributed by atoms with Crippen molar-refractivity contribution in [3.63, 3.8) is 0 Å². The van der Waals surface area contributed by atoms with Crippen molar-refractivity contribution in [1.29, 1.82) is 0 Å². The first-order valence-electron chi connectivity index (χ1n) is 4.93. The first-order valence-corrected chi connectivity index (χ1v) is 4.93. The van der Waals surface area contributed by atoms with Crippen LogP contribution in [0.3, 0.4) is 0 Å². The molecule has 0 atom stereocenters. The van der Waals surface area contributed by atoms with E-state index >= 15 is 0 Å². The fourth-order valence-electron chi connectivity index (χ4n) is 1.42. The highest BCUT2D eigenvalue weighted by molar-refractivity contribution is 5.27. The molecule has 0 fully saturated rings. The Hall–Kier alpha value is -0.890. The smallest absolute Gasteiger partial charge is 0.127 e. The van der Waals surface area contributed by atoms with Crippen LogP contribution in [0.25, 0.3) is 0 Å². The minimum atomic E-state index is -0.108. The average molecular weight is 195 g/mol. The van der Waals surface area contributed by atoms with Gasteiger partial charge in [0, 0.05) is 12.1 Å². The Morgan fingerprint density at radius 3 is 2.43 bits per heavy atom. The number of benzene rings is 1. The second-order valence-electron chi connectivity index (χ2n) is 4.24. The van der Waals surface area contributed by atoms with Crippen LogP contribution in [0.2, 0.25) is 0 Å². The molecule has 0 heterocycles. The van der Waals surface area contributed by atoms with Crippen LogP contribution in [0.15, 0.2) is 18.2 Å². The van der Waals surface area contributed by atoms with Crippen molar-refractivity contribution < 1.29 is 4.39 Å². The van der Waals surface area contributed by atoms with E-state index in [9.17, 15) is 4.39 Å². The maximum absolute atomic E-state index is 13.4. The lowest BCUT2D eigenvalue weighted by atomic mass is 10.0. The molecule has 78 valence electrons. The van der Waals surface area contributed by atoms with Crippen LogP contribution in [0.5, 0.6) is 0 Å². The largest absolute Gasteiger partial charge is 0.305 e. The monoisotopic (exact) mass is 195 g/mol. The molecule has 1 nitrogen and oxygen atoms in total. The summed E-state index contributed by atoms with van der Waals surface area (Å²) in [6.45, 7) is 4.89. The van der Waals surface area contributed by atoms with Gasteiger partial charge in [-0.1, -0.05) is 26.0 Å². The summed E-state index contributed by atoms with van der Waals surface area (Å²) in [6.07, 6.45) is 0. The number of hydrogen-bond donors (Lipinski definition) is 0. The van der Waals surface area contributed by atoms with E-state index in [1.54, 1.807) is 6.07 Å². The fourth-order valence-corrected chi connectivity index (χ4v) is 1.42. The van der Waals surface area contributed by atoms with Crippen LogP contribution >= 0.6 is 0 Å². The van der Waals surface area contributed by atoms with Crippen LogP contribution in [0, 0.1) is 5.82 Å². The molecule has 1 rings (SSSR count). The van der Waals surface area contributed by atoms with Gasteiger partial charge < -0.3 is 4.90 Å². The van der Waals surface area contributed by atoms with Gasteiger partial charge in [0.15, 0.2) is 0 Å². The number of halogens is 1. The third-order valence-corrected chi connectivity index (χ3v) is 2.22. The summed E-state index contributed by atoms with van der Waals surface area (Å²) in [5.41, 5.74) is 1.98. The van der Waals surface area contributed by atoms with E-state index < -0.39 is 0 Å². The van der Waals surface area contributed by atoms with Crippen molar-refractivity contribution in [2.24, 2.45) is 0 Å². The molecule has 0 saturated carbocycles. The Kier molecular flexibility index (Phi) is 3.64.